The van der Waals surface area contributed by atoms with Crippen molar-refractivity contribution in [1.82, 2.24) is 9.88 Å². The lowest BCUT2D eigenvalue weighted by atomic mass is 10.2. The summed E-state index contributed by atoms with van der Waals surface area (Å²) in [5.41, 5.74) is -0.933. The Balaban J connectivity index is 2.06. The third-order valence-corrected chi connectivity index (χ3v) is 7.32. The average molecular weight is 428 g/mol. The fourth-order valence-corrected chi connectivity index (χ4v) is 4.30. The Morgan fingerprint density at radius 2 is 1.74 bits per heavy atom. The van der Waals surface area contributed by atoms with E-state index < -0.39 is 38.0 Å². The predicted octanol–water partition coefficient (Wildman–Crippen LogP) is 2.61. The zero-order chi connectivity index (χ0) is 20.6. The van der Waals surface area contributed by atoms with Gasteiger partial charge in [-0.3, -0.25) is 4.79 Å². The van der Waals surface area contributed by atoms with E-state index in [9.17, 15) is 26.4 Å². The quantitative estimate of drug-likeness (QED) is 0.738. The lowest BCUT2D eigenvalue weighted by molar-refractivity contribution is -0.137. The van der Waals surface area contributed by atoms with E-state index >= 15 is 0 Å². The maximum atomic E-state index is 12.7. The van der Waals surface area contributed by atoms with Gasteiger partial charge in [-0.25, -0.2) is 13.4 Å². The van der Waals surface area contributed by atoms with Crippen LogP contribution in [0.1, 0.15) is 26.3 Å². The maximum Gasteiger partial charge on any atom is 0.417 e. The van der Waals surface area contributed by atoms with Crippen LogP contribution in [0.2, 0.25) is 5.02 Å². The highest BCUT2D eigenvalue weighted by molar-refractivity contribution is 7.93. The fraction of sp³-hybridized carbons (Fsp3) is 0.625. The number of hydrogen-bond donors (Lipinski definition) is 0. The average Bonchev–Trinajstić information content (AvgIpc) is 2.59. The van der Waals surface area contributed by atoms with E-state index in [-0.39, 0.29) is 37.0 Å². The van der Waals surface area contributed by atoms with E-state index in [1.165, 1.54) is 25.7 Å². The first-order valence-electron chi connectivity index (χ1n) is 8.35. The lowest BCUT2D eigenvalue weighted by Crippen LogP contribution is -2.53. The van der Waals surface area contributed by atoms with Gasteiger partial charge in [-0.15, -0.1) is 0 Å². The minimum atomic E-state index is -4.53. The molecule has 2 heterocycles. The molecule has 152 valence electrons. The fourth-order valence-electron chi connectivity index (χ4n) is 2.76. The van der Waals surface area contributed by atoms with Crippen molar-refractivity contribution in [1.29, 1.82) is 0 Å². The molecule has 27 heavy (non-hydrogen) atoms. The van der Waals surface area contributed by atoms with Gasteiger partial charge in [0.1, 0.15) is 11.1 Å². The van der Waals surface area contributed by atoms with Crippen LogP contribution in [0.15, 0.2) is 12.3 Å². The Labute approximate surface area is 161 Å². The molecular formula is C16H21ClF3N3O3S. The first-order valence-corrected chi connectivity index (χ1v) is 10.3. The third kappa shape index (κ3) is 4.66. The topological polar surface area (TPSA) is 70.6 Å². The second-order valence-electron chi connectivity index (χ2n) is 6.62. The first-order chi connectivity index (χ1) is 12.4. The Kier molecular flexibility index (Phi) is 6.30. The molecule has 1 aromatic rings. The molecule has 1 aliphatic heterocycles. The molecule has 1 fully saturated rings. The molecule has 0 saturated carbocycles. The van der Waals surface area contributed by atoms with E-state index in [1.54, 1.807) is 4.90 Å². The normalized spacial score (nSPS) is 17.3. The lowest BCUT2D eigenvalue weighted by Gasteiger charge is -2.37. The molecule has 1 saturated heterocycles. The molecule has 11 heteroatoms. The van der Waals surface area contributed by atoms with Crippen molar-refractivity contribution in [2.75, 3.05) is 31.1 Å². The van der Waals surface area contributed by atoms with Crippen molar-refractivity contribution in [2.45, 2.75) is 37.4 Å². The van der Waals surface area contributed by atoms with Crippen LogP contribution < -0.4 is 4.90 Å². The summed E-state index contributed by atoms with van der Waals surface area (Å²) in [6.07, 6.45) is -3.81. The standard InChI is InChI=1S/C16H21ClF3N3O3S/c1-10(2)27(25,26)11(3)15(24)23-6-4-22(5-7-23)14-13(17)8-12(9-21-14)16(18,19)20/h8-11H,4-7H2,1-3H3. The third-order valence-electron chi connectivity index (χ3n) is 4.54. The van der Waals surface area contributed by atoms with Crippen LogP contribution in [-0.4, -0.2) is 60.9 Å². The molecule has 1 atom stereocenters. The molecule has 1 aromatic heterocycles. The summed E-state index contributed by atoms with van der Waals surface area (Å²) in [4.78, 5) is 19.4. The molecule has 0 aromatic carbocycles. The highest BCUT2D eigenvalue weighted by atomic mass is 35.5. The number of alkyl halides is 3. The van der Waals surface area contributed by atoms with Gasteiger partial charge in [0.25, 0.3) is 0 Å². The van der Waals surface area contributed by atoms with Crippen LogP contribution in [0.5, 0.6) is 0 Å². The molecule has 1 aliphatic rings. The SMILES string of the molecule is CC(C)S(=O)(=O)C(C)C(=O)N1CCN(c2ncc(C(F)(F)F)cc2Cl)CC1. The van der Waals surface area contributed by atoms with Gasteiger partial charge < -0.3 is 9.80 Å². The Morgan fingerprint density at radius 1 is 1.19 bits per heavy atom. The minimum Gasteiger partial charge on any atom is -0.352 e. The second kappa shape index (κ2) is 7.83. The molecule has 6 nitrogen and oxygen atoms in total. The number of amides is 1. The van der Waals surface area contributed by atoms with E-state index in [2.05, 4.69) is 4.98 Å². The van der Waals surface area contributed by atoms with Gasteiger partial charge in [-0.2, -0.15) is 13.2 Å². The number of pyridine rings is 1. The van der Waals surface area contributed by atoms with Gasteiger partial charge in [0, 0.05) is 32.4 Å². The van der Waals surface area contributed by atoms with Gasteiger partial charge >= 0.3 is 6.18 Å². The summed E-state index contributed by atoms with van der Waals surface area (Å²) < 4.78 is 62.5. The number of hydrogen-bond acceptors (Lipinski definition) is 5. The molecule has 2 rings (SSSR count). The van der Waals surface area contributed by atoms with Crippen LogP contribution >= 0.6 is 11.6 Å². The number of anilines is 1. The Bertz CT molecular complexity index is 807. The van der Waals surface area contributed by atoms with E-state index in [1.807, 2.05) is 0 Å². The van der Waals surface area contributed by atoms with E-state index in [0.717, 1.165) is 12.3 Å². The van der Waals surface area contributed by atoms with Crippen molar-refractivity contribution in [3.05, 3.63) is 22.8 Å². The molecule has 0 aliphatic carbocycles. The van der Waals surface area contributed by atoms with E-state index in [4.69, 9.17) is 11.6 Å². The number of carbonyl (C=O) groups excluding carboxylic acids is 1. The molecule has 0 bridgehead atoms. The van der Waals surface area contributed by atoms with Crippen LogP contribution in [0.3, 0.4) is 0 Å². The number of piperazine rings is 1. The molecule has 0 spiro atoms. The van der Waals surface area contributed by atoms with Crippen LogP contribution in [0, 0.1) is 0 Å². The summed E-state index contributed by atoms with van der Waals surface area (Å²) in [7, 11) is -3.56. The Hall–Kier alpha value is -1.55. The summed E-state index contributed by atoms with van der Waals surface area (Å²) in [6.45, 7) is 5.46. The predicted molar refractivity (Wildman–Crippen MR) is 96.6 cm³/mol. The largest absolute Gasteiger partial charge is 0.417 e. The van der Waals surface area contributed by atoms with Gasteiger partial charge in [-0.05, 0) is 26.8 Å². The van der Waals surface area contributed by atoms with Crippen LogP contribution in [0.4, 0.5) is 19.0 Å². The smallest absolute Gasteiger partial charge is 0.352 e. The number of halogens is 4. The maximum absolute atomic E-state index is 12.7. The summed E-state index contributed by atoms with van der Waals surface area (Å²) >= 11 is 5.95. The van der Waals surface area contributed by atoms with Gasteiger partial charge in [-0.1, -0.05) is 11.6 Å². The summed E-state index contributed by atoms with van der Waals surface area (Å²) in [5.74, 6) is -0.269. The highest BCUT2D eigenvalue weighted by Gasteiger charge is 2.36. The number of nitrogens with zero attached hydrogens (tertiary/aromatic N) is 3. The monoisotopic (exact) mass is 427 g/mol. The molecule has 1 unspecified atom stereocenters. The molecular weight excluding hydrogens is 407 g/mol. The van der Waals surface area contributed by atoms with Crippen LogP contribution in [-0.2, 0) is 20.8 Å². The first kappa shape index (κ1) is 21.7. The van der Waals surface area contributed by atoms with Gasteiger partial charge in [0.15, 0.2) is 9.84 Å². The van der Waals surface area contributed by atoms with Gasteiger partial charge in [0.05, 0.1) is 15.8 Å². The second-order valence-corrected chi connectivity index (χ2v) is 9.85. The minimum absolute atomic E-state index is 0.125. The van der Waals surface area contributed by atoms with Crippen molar-refractivity contribution >= 4 is 33.2 Å². The number of rotatable bonds is 4. The summed E-state index contributed by atoms with van der Waals surface area (Å²) in [5, 5.41) is -1.93. The molecule has 1 amide bonds. The Morgan fingerprint density at radius 3 is 2.19 bits per heavy atom. The highest BCUT2D eigenvalue weighted by Crippen LogP contribution is 2.33. The molecule has 0 N–H and O–H groups in total. The van der Waals surface area contributed by atoms with Crippen molar-refractivity contribution in [3.63, 3.8) is 0 Å². The van der Waals surface area contributed by atoms with Crippen LogP contribution in [0.25, 0.3) is 0 Å². The number of aromatic nitrogens is 1. The van der Waals surface area contributed by atoms with E-state index in [0.29, 0.717) is 0 Å². The van der Waals surface area contributed by atoms with Crippen molar-refractivity contribution in [2.24, 2.45) is 0 Å². The van der Waals surface area contributed by atoms with Gasteiger partial charge in [0.2, 0.25) is 5.91 Å². The summed E-state index contributed by atoms with van der Waals surface area (Å²) in [6, 6.07) is 0.818. The van der Waals surface area contributed by atoms with Crippen molar-refractivity contribution in [3.8, 4) is 0 Å². The molecule has 0 radical (unpaired) electrons. The zero-order valence-electron chi connectivity index (χ0n) is 15.1. The number of sulfone groups is 1. The zero-order valence-corrected chi connectivity index (χ0v) is 16.7. The van der Waals surface area contributed by atoms with Crippen molar-refractivity contribution < 1.29 is 26.4 Å². The number of carbonyl (C=O) groups is 1.